The van der Waals surface area contributed by atoms with Gasteiger partial charge in [-0.15, -0.1) is 0 Å². The van der Waals surface area contributed by atoms with E-state index in [1.165, 1.54) is 31.7 Å². The molecule has 3 N–H and O–H groups in total. The highest BCUT2D eigenvalue weighted by molar-refractivity contribution is 7.99. The van der Waals surface area contributed by atoms with Gasteiger partial charge in [0.15, 0.2) is 0 Å². The van der Waals surface area contributed by atoms with Gasteiger partial charge in [-0.05, 0) is 50.1 Å². The molecule has 2 rings (SSSR count). The van der Waals surface area contributed by atoms with Gasteiger partial charge in [0, 0.05) is 23.4 Å². The average Bonchev–Trinajstić information content (AvgIpc) is 2.37. The fraction of sp³-hybridized carbons (Fsp3) is 0.600. The van der Waals surface area contributed by atoms with Crippen LogP contribution in [0.15, 0.2) is 18.2 Å². The number of benzene rings is 1. The third-order valence-corrected chi connectivity index (χ3v) is 4.96. The summed E-state index contributed by atoms with van der Waals surface area (Å²) in [5.41, 5.74) is 0.934. The molecule has 3 nitrogen and oxygen atoms in total. The van der Waals surface area contributed by atoms with Crippen LogP contribution in [0.1, 0.15) is 44.2 Å². The van der Waals surface area contributed by atoms with Crippen LogP contribution in [-0.2, 0) is 0 Å². The molecule has 0 bridgehead atoms. The minimum Gasteiger partial charge on any atom is -0.508 e. The second kappa shape index (κ2) is 6.53. The van der Waals surface area contributed by atoms with Crippen molar-refractivity contribution < 1.29 is 10.2 Å². The lowest BCUT2D eigenvalue weighted by Gasteiger charge is -2.31. The van der Waals surface area contributed by atoms with E-state index in [4.69, 9.17) is 0 Å². The first kappa shape index (κ1) is 14.5. The molecule has 3 unspecified atom stereocenters. The van der Waals surface area contributed by atoms with Crippen LogP contribution in [0, 0.1) is 0 Å². The Bertz CT molecular complexity index is 404. The predicted molar refractivity (Wildman–Crippen MR) is 80.9 cm³/mol. The van der Waals surface area contributed by atoms with Gasteiger partial charge < -0.3 is 15.5 Å². The first-order valence-corrected chi connectivity index (χ1v) is 8.19. The lowest BCUT2D eigenvalue weighted by molar-refractivity contribution is 0.352. The van der Waals surface area contributed by atoms with Crippen molar-refractivity contribution in [3.63, 3.8) is 0 Å². The van der Waals surface area contributed by atoms with Gasteiger partial charge in [-0.25, -0.2) is 0 Å². The summed E-state index contributed by atoms with van der Waals surface area (Å²) >= 11 is 1.96. The van der Waals surface area contributed by atoms with Gasteiger partial charge in [-0.2, -0.15) is 11.8 Å². The molecular formula is C15H23NO2S. The normalized spacial score (nSPS) is 25.2. The minimum atomic E-state index is 0.120. The lowest BCUT2D eigenvalue weighted by atomic mass is 9.93. The van der Waals surface area contributed by atoms with Crippen LogP contribution in [0.2, 0.25) is 0 Å². The van der Waals surface area contributed by atoms with Crippen LogP contribution in [0.4, 0.5) is 0 Å². The maximum absolute atomic E-state index is 9.54. The first-order valence-electron chi connectivity index (χ1n) is 6.90. The summed E-state index contributed by atoms with van der Waals surface area (Å²) < 4.78 is 0. The smallest absolute Gasteiger partial charge is 0.119 e. The van der Waals surface area contributed by atoms with Gasteiger partial charge in [0.25, 0.3) is 0 Å². The number of phenols is 2. The molecule has 1 saturated carbocycles. The number of phenolic OH excluding ortho intramolecular Hbond substituents is 2. The molecule has 0 saturated heterocycles. The molecule has 19 heavy (non-hydrogen) atoms. The Morgan fingerprint density at radius 1 is 1.21 bits per heavy atom. The van der Waals surface area contributed by atoms with E-state index in [1.807, 2.05) is 11.8 Å². The first-order chi connectivity index (χ1) is 9.08. The van der Waals surface area contributed by atoms with Crippen molar-refractivity contribution in [2.75, 3.05) is 6.26 Å². The zero-order chi connectivity index (χ0) is 13.8. The molecule has 0 heterocycles. The predicted octanol–water partition coefficient (Wildman–Crippen LogP) is 3.42. The van der Waals surface area contributed by atoms with Crippen LogP contribution >= 0.6 is 11.8 Å². The van der Waals surface area contributed by atoms with Crippen molar-refractivity contribution in [3.8, 4) is 11.5 Å². The molecule has 1 aromatic rings. The Kier molecular flexibility index (Phi) is 4.99. The average molecular weight is 281 g/mol. The van der Waals surface area contributed by atoms with E-state index >= 15 is 0 Å². The summed E-state index contributed by atoms with van der Waals surface area (Å²) in [5.74, 6) is 0.239. The molecule has 1 aromatic carbocycles. The molecule has 0 aliphatic heterocycles. The largest absolute Gasteiger partial charge is 0.508 e. The van der Waals surface area contributed by atoms with Gasteiger partial charge in [-0.1, -0.05) is 6.42 Å². The van der Waals surface area contributed by atoms with Crippen LogP contribution in [0.5, 0.6) is 11.5 Å². The zero-order valence-electron chi connectivity index (χ0n) is 11.6. The van der Waals surface area contributed by atoms with Crippen molar-refractivity contribution in [3.05, 3.63) is 23.8 Å². The molecule has 0 amide bonds. The summed E-state index contributed by atoms with van der Waals surface area (Å²) in [5, 5.41) is 23.5. The van der Waals surface area contributed by atoms with Crippen molar-refractivity contribution >= 4 is 11.8 Å². The highest BCUT2D eigenvalue weighted by Gasteiger charge is 2.22. The second-order valence-corrected chi connectivity index (χ2v) is 6.53. The highest BCUT2D eigenvalue weighted by Crippen LogP contribution is 2.30. The van der Waals surface area contributed by atoms with E-state index in [1.54, 1.807) is 12.1 Å². The molecule has 0 spiro atoms. The van der Waals surface area contributed by atoms with E-state index < -0.39 is 0 Å². The molecule has 0 radical (unpaired) electrons. The van der Waals surface area contributed by atoms with Crippen LogP contribution in [-0.4, -0.2) is 27.8 Å². The zero-order valence-corrected chi connectivity index (χ0v) is 12.4. The summed E-state index contributed by atoms with van der Waals surface area (Å²) in [6.45, 7) is 2.08. The summed E-state index contributed by atoms with van der Waals surface area (Å²) in [4.78, 5) is 0. The van der Waals surface area contributed by atoms with Crippen molar-refractivity contribution in [1.82, 2.24) is 5.32 Å². The number of aromatic hydroxyl groups is 2. The van der Waals surface area contributed by atoms with E-state index in [2.05, 4.69) is 18.5 Å². The standard InChI is InChI=1S/C15H23NO2S/c1-10(11-6-13(17)9-14(18)7-11)16-12-4-3-5-15(8-12)19-2/h6-7,9-10,12,15-18H,3-5,8H2,1-2H3. The summed E-state index contributed by atoms with van der Waals surface area (Å²) in [7, 11) is 0. The Labute approximate surface area is 119 Å². The number of nitrogens with one attached hydrogen (secondary N) is 1. The number of thioether (sulfide) groups is 1. The van der Waals surface area contributed by atoms with Gasteiger partial charge in [0.1, 0.15) is 11.5 Å². The van der Waals surface area contributed by atoms with E-state index in [9.17, 15) is 10.2 Å². The topological polar surface area (TPSA) is 52.5 Å². The van der Waals surface area contributed by atoms with Gasteiger partial charge in [-0.3, -0.25) is 0 Å². The maximum Gasteiger partial charge on any atom is 0.119 e. The lowest BCUT2D eigenvalue weighted by Crippen LogP contribution is -2.36. The van der Waals surface area contributed by atoms with Gasteiger partial charge >= 0.3 is 0 Å². The Morgan fingerprint density at radius 3 is 2.53 bits per heavy atom. The Balaban J connectivity index is 1.98. The third-order valence-electron chi connectivity index (χ3n) is 3.87. The number of hydrogen-bond acceptors (Lipinski definition) is 4. The number of hydrogen-bond donors (Lipinski definition) is 3. The summed E-state index contributed by atoms with van der Waals surface area (Å²) in [6, 6.07) is 5.47. The van der Waals surface area contributed by atoms with Gasteiger partial charge in [0.2, 0.25) is 0 Å². The molecule has 3 atom stereocenters. The molecule has 1 fully saturated rings. The SMILES string of the molecule is CSC1CCCC(NC(C)c2cc(O)cc(O)c2)C1. The minimum absolute atomic E-state index is 0.120. The van der Waals surface area contributed by atoms with Crippen molar-refractivity contribution in [1.29, 1.82) is 0 Å². The Hall–Kier alpha value is -0.870. The fourth-order valence-corrected chi connectivity index (χ4v) is 3.66. The van der Waals surface area contributed by atoms with Crippen LogP contribution in [0.25, 0.3) is 0 Å². The molecule has 1 aliphatic carbocycles. The molecule has 1 aliphatic rings. The monoisotopic (exact) mass is 281 g/mol. The van der Waals surface area contributed by atoms with E-state index in [0.717, 1.165) is 10.8 Å². The maximum atomic E-state index is 9.54. The third kappa shape index (κ3) is 4.05. The van der Waals surface area contributed by atoms with E-state index in [-0.39, 0.29) is 17.5 Å². The fourth-order valence-electron chi connectivity index (χ4n) is 2.83. The molecule has 0 aromatic heterocycles. The van der Waals surface area contributed by atoms with Crippen LogP contribution in [0.3, 0.4) is 0 Å². The quantitative estimate of drug-likeness (QED) is 0.791. The molecular weight excluding hydrogens is 258 g/mol. The highest BCUT2D eigenvalue weighted by atomic mass is 32.2. The van der Waals surface area contributed by atoms with Gasteiger partial charge in [0.05, 0.1) is 0 Å². The van der Waals surface area contributed by atoms with Crippen molar-refractivity contribution in [2.45, 2.75) is 49.9 Å². The Morgan fingerprint density at radius 2 is 1.89 bits per heavy atom. The molecule has 4 heteroatoms. The summed E-state index contributed by atoms with van der Waals surface area (Å²) in [6.07, 6.45) is 7.20. The van der Waals surface area contributed by atoms with Crippen molar-refractivity contribution in [2.24, 2.45) is 0 Å². The molecule has 106 valence electrons. The van der Waals surface area contributed by atoms with Crippen LogP contribution < -0.4 is 5.32 Å². The second-order valence-electron chi connectivity index (χ2n) is 5.39. The van der Waals surface area contributed by atoms with E-state index in [0.29, 0.717) is 6.04 Å². The number of rotatable bonds is 4.